The molecule has 0 saturated carbocycles. The fourth-order valence-corrected chi connectivity index (χ4v) is 2.70. The van der Waals surface area contributed by atoms with Gasteiger partial charge in [-0.2, -0.15) is 17.0 Å². The molecule has 2 nitrogen and oxygen atoms in total. The van der Waals surface area contributed by atoms with Gasteiger partial charge in [-0.15, -0.1) is 0 Å². The molecule has 1 unspecified atom stereocenters. The lowest BCUT2D eigenvalue weighted by molar-refractivity contribution is 0.204. The quantitative estimate of drug-likeness (QED) is 0.903. The Morgan fingerprint density at radius 2 is 1.74 bits per heavy atom. The van der Waals surface area contributed by atoms with Crippen LogP contribution in [0.1, 0.15) is 22.8 Å². The molecule has 19 heavy (non-hydrogen) atoms. The number of nitriles is 1. The third-order valence-corrected chi connectivity index (χ3v) is 3.90. The highest BCUT2D eigenvalue weighted by Crippen LogP contribution is 2.21. The van der Waals surface area contributed by atoms with Crippen molar-refractivity contribution in [3.8, 4) is 6.07 Å². The summed E-state index contributed by atoms with van der Waals surface area (Å²) in [6.07, 6.45) is -0.485. The molecule has 0 radical (unpaired) electrons. The maximum Gasteiger partial charge on any atom is 0.0991 e. The second-order valence-electron chi connectivity index (χ2n) is 4.25. The summed E-state index contributed by atoms with van der Waals surface area (Å²) >= 11 is 1.70. The lowest BCUT2D eigenvalue weighted by atomic mass is 10.1. The van der Waals surface area contributed by atoms with Crippen molar-refractivity contribution < 1.29 is 5.11 Å². The zero-order valence-electron chi connectivity index (χ0n) is 10.5. The van der Waals surface area contributed by atoms with Gasteiger partial charge in [-0.1, -0.05) is 42.5 Å². The maximum atomic E-state index is 10.1. The van der Waals surface area contributed by atoms with E-state index in [1.807, 2.05) is 30.3 Å². The van der Waals surface area contributed by atoms with Gasteiger partial charge in [0.1, 0.15) is 0 Å². The Kier molecular flexibility index (Phi) is 5.02. The smallest absolute Gasteiger partial charge is 0.0991 e. The number of thioether (sulfide) groups is 1. The van der Waals surface area contributed by atoms with Crippen molar-refractivity contribution in [1.82, 2.24) is 0 Å². The number of rotatable bonds is 5. The van der Waals surface area contributed by atoms with Crippen molar-refractivity contribution in [2.75, 3.05) is 5.75 Å². The topological polar surface area (TPSA) is 44.0 Å². The first kappa shape index (κ1) is 13.7. The summed E-state index contributed by atoms with van der Waals surface area (Å²) in [6.45, 7) is 0. The molecule has 96 valence electrons. The highest BCUT2D eigenvalue weighted by molar-refractivity contribution is 7.98. The van der Waals surface area contributed by atoms with Crippen LogP contribution in [0.4, 0.5) is 0 Å². The van der Waals surface area contributed by atoms with Gasteiger partial charge in [-0.05, 0) is 23.3 Å². The third kappa shape index (κ3) is 4.13. The molecule has 0 bridgehead atoms. The summed E-state index contributed by atoms with van der Waals surface area (Å²) in [5.74, 6) is 1.55. The molecule has 3 heteroatoms. The SMILES string of the molecule is N#Cc1ccc(C(O)CSCc2ccccc2)cc1. The average molecular weight is 269 g/mol. The van der Waals surface area contributed by atoms with Gasteiger partial charge in [0.05, 0.1) is 17.7 Å². The van der Waals surface area contributed by atoms with Gasteiger partial charge >= 0.3 is 0 Å². The molecule has 2 aromatic rings. The molecule has 0 fully saturated rings. The molecule has 0 aliphatic rings. The Morgan fingerprint density at radius 1 is 1.05 bits per heavy atom. The van der Waals surface area contributed by atoms with E-state index in [-0.39, 0.29) is 0 Å². The second-order valence-corrected chi connectivity index (χ2v) is 5.28. The van der Waals surface area contributed by atoms with Crippen LogP contribution in [0.15, 0.2) is 54.6 Å². The van der Waals surface area contributed by atoms with Gasteiger partial charge < -0.3 is 5.11 Å². The van der Waals surface area contributed by atoms with Gasteiger partial charge in [0.15, 0.2) is 0 Å². The lowest BCUT2D eigenvalue weighted by Crippen LogP contribution is -2.00. The van der Waals surface area contributed by atoms with E-state index in [1.54, 1.807) is 23.9 Å². The second kappa shape index (κ2) is 6.98. The summed E-state index contributed by atoms with van der Waals surface area (Å²) in [4.78, 5) is 0. The molecular formula is C16H15NOS. The van der Waals surface area contributed by atoms with E-state index in [9.17, 15) is 5.11 Å². The molecule has 0 aliphatic carbocycles. The van der Waals surface area contributed by atoms with Crippen molar-refractivity contribution >= 4 is 11.8 Å². The van der Waals surface area contributed by atoms with Gasteiger partial charge in [-0.25, -0.2) is 0 Å². The number of aliphatic hydroxyl groups excluding tert-OH is 1. The number of hydrogen-bond acceptors (Lipinski definition) is 3. The highest BCUT2D eigenvalue weighted by Gasteiger charge is 2.07. The summed E-state index contributed by atoms with van der Waals surface area (Å²) < 4.78 is 0. The first-order valence-corrected chi connectivity index (χ1v) is 7.25. The first-order valence-electron chi connectivity index (χ1n) is 6.09. The Labute approximate surface area is 117 Å². The van der Waals surface area contributed by atoms with E-state index in [2.05, 4.69) is 18.2 Å². The predicted molar refractivity (Wildman–Crippen MR) is 78.7 cm³/mol. The van der Waals surface area contributed by atoms with E-state index in [4.69, 9.17) is 5.26 Å². The Hall–Kier alpha value is -1.76. The molecule has 0 amide bonds. The maximum absolute atomic E-state index is 10.1. The van der Waals surface area contributed by atoms with Crippen LogP contribution < -0.4 is 0 Å². The van der Waals surface area contributed by atoms with Gasteiger partial charge in [-0.3, -0.25) is 0 Å². The number of nitrogens with zero attached hydrogens (tertiary/aromatic N) is 1. The van der Waals surface area contributed by atoms with Crippen LogP contribution in [-0.2, 0) is 5.75 Å². The van der Waals surface area contributed by atoms with Crippen LogP contribution in [0.3, 0.4) is 0 Å². The zero-order valence-corrected chi connectivity index (χ0v) is 11.3. The summed E-state index contributed by atoms with van der Waals surface area (Å²) in [5, 5.41) is 18.8. The van der Waals surface area contributed by atoms with E-state index >= 15 is 0 Å². The van der Waals surface area contributed by atoms with Crippen LogP contribution in [0, 0.1) is 11.3 Å². The van der Waals surface area contributed by atoms with Crippen LogP contribution in [0.5, 0.6) is 0 Å². The van der Waals surface area contributed by atoms with Crippen molar-refractivity contribution in [2.45, 2.75) is 11.9 Å². The van der Waals surface area contributed by atoms with Crippen molar-refractivity contribution in [1.29, 1.82) is 5.26 Å². The van der Waals surface area contributed by atoms with Crippen molar-refractivity contribution in [3.63, 3.8) is 0 Å². The minimum atomic E-state index is -0.485. The molecule has 0 saturated heterocycles. The summed E-state index contributed by atoms with van der Waals surface area (Å²) in [5.41, 5.74) is 2.74. The molecule has 0 aromatic heterocycles. The van der Waals surface area contributed by atoms with E-state index in [0.29, 0.717) is 11.3 Å². The van der Waals surface area contributed by atoms with Crippen molar-refractivity contribution in [3.05, 3.63) is 71.3 Å². The van der Waals surface area contributed by atoms with E-state index < -0.39 is 6.10 Å². The molecular weight excluding hydrogens is 254 g/mol. The van der Waals surface area contributed by atoms with Gasteiger partial charge in [0.2, 0.25) is 0 Å². The van der Waals surface area contributed by atoms with Crippen LogP contribution >= 0.6 is 11.8 Å². The Balaban J connectivity index is 1.84. The molecule has 0 spiro atoms. The van der Waals surface area contributed by atoms with E-state index in [1.165, 1.54) is 5.56 Å². The number of aliphatic hydroxyl groups is 1. The van der Waals surface area contributed by atoms with Gasteiger partial charge in [0.25, 0.3) is 0 Å². The Morgan fingerprint density at radius 3 is 2.37 bits per heavy atom. The molecule has 0 aliphatic heterocycles. The van der Waals surface area contributed by atoms with Gasteiger partial charge in [0, 0.05) is 11.5 Å². The predicted octanol–water partition coefficient (Wildman–Crippen LogP) is 3.53. The molecule has 0 heterocycles. The monoisotopic (exact) mass is 269 g/mol. The van der Waals surface area contributed by atoms with E-state index in [0.717, 1.165) is 11.3 Å². The van der Waals surface area contributed by atoms with Crippen LogP contribution in [-0.4, -0.2) is 10.9 Å². The molecule has 2 rings (SSSR count). The normalized spacial score (nSPS) is 11.8. The van der Waals surface area contributed by atoms with Crippen molar-refractivity contribution in [2.24, 2.45) is 0 Å². The molecule has 1 atom stereocenters. The molecule has 1 N–H and O–H groups in total. The minimum Gasteiger partial charge on any atom is -0.388 e. The summed E-state index contributed by atoms with van der Waals surface area (Å²) in [6, 6.07) is 19.4. The Bertz CT molecular complexity index is 545. The minimum absolute atomic E-state index is 0.485. The first-order chi connectivity index (χ1) is 9.29. The fourth-order valence-electron chi connectivity index (χ4n) is 1.74. The highest BCUT2D eigenvalue weighted by atomic mass is 32.2. The van der Waals surface area contributed by atoms with Crippen LogP contribution in [0.2, 0.25) is 0 Å². The zero-order chi connectivity index (χ0) is 13.5. The third-order valence-electron chi connectivity index (χ3n) is 2.81. The molecule has 2 aromatic carbocycles. The van der Waals surface area contributed by atoms with Crippen LogP contribution in [0.25, 0.3) is 0 Å². The fraction of sp³-hybridized carbons (Fsp3) is 0.188. The number of benzene rings is 2. The summed E-state index contributed by atoms with van der Waals surface area (Å²) in [7, 11) is 0. The lowest BCUT2D eigenvalue weighted by Gasteiger charge is -2.10. The standard InChI is InChI=1S/C16H15NOS/c17-10-13-6-8-15(9-7-13)16(18)12-19-11-14-4-2-1-3-5-14/h1-9,16,18H,11-12H2. The number of hydrogen-bond donors (Lipinski definition) is 1. The largest absolute Gasteiger partial charge is 0.388 e. The average Bonchev–Trinajstić information content (AvgIpc) is 2.48.